The Kier molecular flexibility index (Phi) is 6.26. The van der Waals surface area contributed by atoms with Crippen molar-refractivity contribution in [2.24, 2.45) is 0 Å². The van der Waals surface area contributed by atoms with Gasteiger partial charge in [0.25, 0.3) is 0 Å². The molecule has 2 nitrogen and oxygen atoms in total. The minimum Gasteiger partial charge on any atom is -0.362 e. The molecule has 0 fully saturated rings. The van der Waals surface area contributed by atoms with E-state index in [2.05, 4.69) is 5.32 Å². The van der Waals surface area contributed by atoms with E-state index in [0.717, 1.165) is 0 Å². The molecular weight excluding hydrogens is 272 g/mol. The summed E-state index contributed by atoms with van der Waals surface area (Å²) in [4.78, 5) is 1.19. The second kappa shape index (κ2) is 7.47. The van der Waals surface area contributed by atoms with Crippen molar-refractivity contribution >= 4 is 5.69 Å². The third-order valence-electron chi connectivity index (χ3n) is 2.85. The Morgan fingerprint density at radius 2 is 1.90 bits per heavy atom. The van der Waals surface area contributed by atoms with Crippen LogP contribution in [0.1, 0.15) is 25.8 Å². The van der Waals surface area contributed by atoms with Crippen molar-refractivity contribution in [3.8, 4) is 0 Å². The third kappa shape index (κ3) is 5.00. The lowest BCUT2D eigenvalue weighted by Gasteiger charge is -2.28. The Labute approximate surface area is 116 Å². The predicted octanol–water partition coefficient (Wildman–Crippen LogP) is 3.71. The first-order chi connectivity index (χ1) is 9.39. The standard InChI is InChI=1S/C14H20F4N2/c1-3-8-20(10-14(16,17)18)13-7-5-6-12(15)11(13)9-19-4-2/h5-7,19H,3-4,8-10H2,1-2H3. The van der Waals surface area contributed by atoms with Crippen LogP contribution in [0.15, 0.2) is 18.2 Å². The van der Waals surface area contributed by atoms with E-state index in [9.17, 15) is 17.6 Å². The molecule has 0 spiro atoms. The molecule has 1 rings (SSSR count). The molecule has 0 aliphatic rings. The first kappa shape index (κ1) is 16.8. The summed E-state index contributed by atoms with van der Waals surface area (Å²) in [6.07, 6.45) is -3.75. The number of hydrogen-bond donors (Lipinski definition) is 1. The van der Waals surface area contributed by atoms with Crippen LogP contribution in [-0.2, 0) is 6.54 Å². The van der Waals surface area contributed by atoms with Gasteiger partial charge in [0.2, 0.25) is 0 Å². The summed E-state index contributed by atoms with van der Waals surface area (Å²) in [7, 11) is 0. The van der Waals surface area contributed by atoms with Crippen LogP contribution >= 0.6 is 0 Å². The number of nitrogens with one attached hydrogen (secondary N) is 1. The number of alkyl halides is 3. The van der Waals surface area contributed by atoms with Gasteiger partial charge in [-0.1, -0.05) is 19.9 Å². The lowest BCUT2D eigenvalue weighted by Crippen LogP contribution is -2.36. The van der Waals surface area contributed by atoms with Gasteiger partial charge in [-0.25, -0.2) is 4.39 Å². The number of rotatable bonds is 7. The Morgan fingerprint density at radius 3 is 2.45 bits per heavy atom. The predicted molar refractivity (Wildman–Crippen MR) is 72.3 cm³/mol. The van der Waals surface area contributed by atoms with Crippen LogP contribution in [0.2, 0.25) is 0 Å². The molecule has 1 aromatic rings. The van der Waals surface area contributed by atoms with Crippen molar-refractivity contribution < 1.29 is 17.6 Å². The second-order valence-corrected chi connectivity index (χ2v) is 4.55. The molecule has 0 heterocycles. The van der Waals surface area contributed by atoms with E-state index in [1.54, 1.807) is 6.92 Å². The molecule has 0 atom stereocenters. The van der Waals surface area contributed by atoms with Crippen LogP contribution in [0.4, 0.5) is 23.2 Å². The number of hydrogen-bond acceptors (Lipinski definition) is 2. The molecule has 0 saturated heterocycles. The first-order valence-corrected chi connectivity index (χ1v) is 6.68. The van der Waals surface area contributed by atoms with E-state index in [1.807, 2.05) is 6.92 Å². The van der Waals surface area contributed by atoms with Gasteiger partial charge in [0.05, 0.1) is 0 Å². The van der Waals surface area contributed by atoms with Gasteiger partial charge in [0.15, 0.2) is 0 Å². The van der Waals surface area contributed by atoms with E-state index < -0.39 is 18.5 Å². The zero-order valence-corrected chi connectivity index (χ0v) is 11.7. The van der Waals surface area contributed by atoms with Crippen LogP contribution in [0, 0.1) is 5.82 Å². The van der Waals surface area contributed by atoms with Crippen LogP contribution in [0.3, 0.4) is 0 Å². The van der Waals surface area contributed by atoms with E-state index >= 15 is 0 Å². The number of nitrogens with zero attached hydrogens (tertiary/aromatic N) is 1. The number of benzene rings is 1. The van der Waals surface area contributed by atoms with Crippen molar-refractivity contribution in [3.63, 3.8) is 0 Å². The Morgan fingerprint density at radius 1 is 1.20 bits per heavy atom. The molecule has 1 N–H and O–H groups in total. The minimum absolute atomic E-state index is 0.219. The zero-order valence-electron chi connectivity index (χ0n) is 11.7. The Hall–Kier alpha value is -1.30. The summed E-state index contributed by atoms with van der Waals surface area (Å²) in [6.45, 7) is 3.68. The van der Waals surface area contributed by atoms with Gasteiger partial charge >= 0.3 is 6.18 Å². The van der Waals surface area contributed by atoms with E-state index in [-0.39, 0.29) is 18.7 Å². The highest BCUT2D eigenvalue weighted by atomic mass is 19.4. The summed E-state index contributed by atoms with van der Waals surface area (Å²) < 4.78 is 51.8. The highest BCUT2D eigenvalue weighted by Gasteiger charge is 2.31. The lowest BCUT2D eigenvalue weighted by molar-refractivity contribution is -0.119. The molecule has 0 radical (unpaired) electrons. The summed E-state index contributed by atoms with van der Waals surface area (Å²) in [5.41, 5.74) is 0.595. The molecule has 1 aromatic carbocycles. The lowest BCUT2D eigenvalue weighted by atomic mass is 10.1. The van der Waals surface area contributed by atoms with Gasteiger partial charge in [-0.15, -0.1) is 0 Å². The van der Waals surface area contributed by atoms with Crippen molar-refractivity contribution in [2.75, 3.05) is 24.5 Å². The van der Waals surface area contributed by atoms with Crippen LogP contribution in [0.5, 0.6) is 0 Å². The summed E-state index contributed by atoms with van der Waals surface area (Å²) in [5, 5.41) is 2.96. The summed E-state index contributed by atoms with van der Waals surface area (Å²) >= 11 is 0. The van der Waals surface area contributed by atoms with E-state index in [1.165, 1.54) is 23.1 Å². The molecule has 114 valence electrons. The Balaban J connectivity index is 3.08. The molecule has 0 aliphatic carbocycles. The average Bonchev–Trinajstić information content (AvgIpc) is 2.35. The van der Waals surface area contributed by atoms with Gasteiger partial charge in [-0.2, -0.15) is 13.2 Å². The quantitative estimate of drug-likeness (QED) is 0.771. The maximum absolute atomic E-state index is 13.9. The van der Waals surface area contributed by atoms with Gasteiger partial charge in [0.1, 0.15) is 12.4 Å². The fourth-order valence-corrected chi connectivity index (χ4v) is 2.04. The average molecular weight is 292 g/mol. The molecule has 0 aromatic heterocycles. The monoisotopic (exact) mass is 292 g/mol. The highest BCUT2D eigenvalue weighted by Crippen LogP contribution is 2.27. The van der Waals surface area contributed by atoms with Crippen LogP contribution in [0.25, 0.3) is 0 Å². The Bertz CT molecular complexity index is 418. The summed E-state index contributed by atoms with van der Waals surface area (Å²) in [6, 6.07) is 4.25. The molecule has 0 bridgehead atoms. The van der Waals surface area contributed by atoms with E-state index in [0.29, 0.717) is 18.7 Å². The molecule has 20 heavy (non-hydrogen) atoms. The largest absolute Gasteiger partial charge is 0.405 e. The van der Waals surface area contributed by atoms with Gasteiger partial charge in [-0.3, -0.25) is 0 Å². The molecule has 0 aliphatic heterocycles. The maximum Gasteiger partial charge on any atom is 0.405 e. The SMILES string of the molecule is CCCN(CC(F)(F)F)c1cccc(F)c1CNCC. The highest BCUT2D eigenvalue weighted by molar-refractivity contribution is 5.54. The first-order valence-electron chi connectivity index (χ1n) is 6.68. The third-order valence-corrected chi connectivity index (χ3v) is 2.85. The molecule has 6 heteroatoms. The van der Waals surface area contributed by atoms with Crippen molar-refractivity contribution in [3.05, 3.63) is 29.6 Å². The minimum atomic E-state index is -4.31. The van der Waals surface area contributed by atoms with Crippen LogP contribution in [-0.4, -0.2) is 25.8 Å². The normalized spacial score (nSPS) is 11.7. The van der Waals surface area contributed by atoms with Crippen molar-refractivity contribution in [1.82, 2.24) is 5.32 Å². The molecule has 0 saturated carbocycles. The number of anilines is 1. The van der Waals surface area contributed by atoms with Crippen molar-refractivity contribution in [1.29, 1.82) is 0 Å². The van der Waals surface area contributed by atoms with Gasteiger partial charge < -0.3 is 10.2 Å². The zero-order chi connectivity index (χ0) is 15.2. The summed E-state index contributed by atoms with van der Waals surface area (Å²) in [5.74, 6) is -0.480. The fraction of sp³-hybridized carbons (Fsp3) is 0.571. The maximum atomic E-state index is 13.9. The van der Waals surface area contributed by atoms with E-state index in [4.69, 9.17) is 0 Å². The number of halogens is 4. The smallest absolute Gasteiger partial charge is 0.362 e. The molecular formula is C14H20F4N2. The van der Waals surface area contributed by atoms with Crippen molar-refractivity contribution in [2.45, 2.75) is 33.0 Å². The fourth-order valence-electron chi connectivity index (χ4n) is 2.04. The molecule has 0 unspecified atom stereocenters. The van der Waals surface area contributed by atoms with Crippen LogP contribution < -0.4 is 10.2 Å². The van der Waals surface area contributed by atoms with Gasteiger partial charge in [0, 0.05) is 24.3 Å². The molecule has 0 amide bonds. The second-order valence-electron chi connectivity index (χ2n) is 4.55. The topological polar surface area (TPSA) is 15.3 Å². The van der Waals surface area contributed by atoms with Gasteiger partial charge in [-0.05, 0) is 25.1 Å².